The van der Waals surface area contributed by atoms with Gasteiger partial charge in [-0.25, -0.2) is 0 Å². The van der Waals surface area contributed by atoms with Crippen LogP contribution in [0.3, 0.4) is 0 Å². The Labute approximate surface area is 302 Å². The number of allylic oxidation sites excluding steroid dienone is 5. The summed E-state index contributed by atoms with van der Waals surface area (Å²) in [7, 11) is 0. The second-order valence-corrected chi connectivity index (χ2v) is 13.0. The summed E-state index contributed by atoms with van der Waals surface area (Å²) < 4.78 is 4.36. The third-order valence-electron chi connectivity index (χ3n) is 10.1. The molecule has 1 unspecified atom stereocenters. The summed E-state index contributed by atoms with van der Waals surface area (Å²) >= 11 is 0. The molecule has 0 saturated heterocycles. The maximum Gasteiger partial charge on any atom is 0.106 e. The van der Waals surface area contributed by atoms with Crippen molar-refractivity contribution in [1.29, 1.82) is 15.8 Å². The van der Waals surface area contributed by atoms with Gasteiger partial charge in [0, 0.05) is 44.6 Å². The number of benzene rings is 5. The monoisotopic (exact) mass is 665 g/mol. The van der Waals surface area contributed by atoms with Crippen molar-refractivity contribution in [3.8, 4) is 47.4 Å². The van der Waals surface area contributed by atoms with Crippen molar-refractivity contribution in [1.82, 2.24) is 9.13 Å². The van der Waals surface area contributed by atoms with Crippen molar-refractivity contribution < 1.29 is 0 Å². The van der Waals surface area contributed by atoms with E-state index in [0.29, 0.717) is 33.5 Å². The van der Waals surface area contributed by atoms with Crippen LogP contribution in [-0.4, -0.2) is 9.13 Å². The van der Waals surface area contributed by atoms with Gasteiger partial charge in [-0.2, -0.15) is 15.8 Å². The van der Waals surface area contributed by atoms with Crippen LogP contribution in [0.2, 0.25) is 0 Å². The Morgan fingerprint density at radius 2 is 1.44 bits per heavy atom. The number of hydrogen-bond donors (Lipinski definition) is 0. The molecule has 5 nitrogen and oxygen atoms in total. The van der Waals surface area contributed by atoms with Crippen molar-refractivity contribution in [2.75, 3.05) is 0 Å². The van der Waals surface area contributed by atoms with E-state index in [2.05, 4.69) is 101 Å². The summed E-state index contributed by atoms with van der Waals surface area (Å²) in [6, 6.07) is 43.1. The highest BCUT2D eigenvalue weighted by molar-refractivity contribution is 6.10. The van der Waals surface area contributed by atoms with Crippen molar-refractivity contribution in [2.45, 2.75) is 26.2 Å². The van der Waals surface area contributed by atoms with Gasteiger partial charge in [-0.1, -0.05) is 85.7 Å². The Hall–Kier alpha value is -7.31. The molecule has 0 spiro atoms. The van der Waals surface area contributed by atoms with Crippen LogP contribution < -0.4 is 0 Å². The summed E-state index contributed by atoms with van der Waals surface area (Å²) in [5.74, 6) is 3.21. The summed E-state index contributed by atoms with van der Waals surface area (Å²) in [5.41, 5.74) is 11.4. The van der Waals surface area contributed by atoms with E-state index in [0.717, 1.165) is 67.2 Å². The van der Waals surface area contributed by atoms with Crippen LogP contribution in [0.25, 0.3) is 66.9 Å². The number of terminal acetylenes is 1. The van der Waals surface area contributed by atoms with E-state index in [4.69, 9.17) is 6.42 Å². The molecule has 5 aromatic carbocycles. The minimum Gasteiger partial charge on any atom is -0.309 e. The van der Waals surface area contributed by atoms with Crippen LogP contribution in [0.15, 0.2) is 127 Å². The van der Waals surface area contributed by atoms with Crippen LogP contribution in [-0.2, 0) is 0 Å². The zero-order valence-corrected chi connectivity index (χ0v) is 28.7. The van der Waals surface area contributed by atoms with Gasteiger partial charge < -0.3 is 9.13 Å². The SMILES string of the molecule is C#C/C(=C(\C(C#N)=C/C)c1cc(C#N)ccc1-c1ccc(-n2c3ccccc3c3cc(C#N)ccc32)cc1)n1c2c(c3ccccc31)C=CCC2C. The van der Waals surface area contributed by atoms with Gasteiger partial charge in [0.05, 0.1) is 51.5 Å². The minimum absolute atomic E-state index is 0.193. The molecule has 2 aromatic heterocycles. The minimum atomic E-state index is 0.193. The zero-order valence-electron chi connectivity index (χ0n) is 28.7. The third kappa shape index (κ3) is 4.93. The van der Waals surface area contributed by atoms with Gasteiger partial charge >= 0.3 is 0 Å². The lowest BCUT2D eigenvalue weighted by Crippen LogP contribution is -2.10. The van der Waals surface area contributed by atoms with E-state index in [-0.39, 0.29) is 5.92 Å². The first-order chi connectivity index (χ1) is 25.5. The van der Waals surface area contributed by atoms with E-state index < -0.39 is 0 Å². The van der Waals surface area contributed by atoms with Crippen LogP contribution in [0.1, 0.15) is 54.1 Å². The van der Waals surface area contributed by atoms with Crippen molar-refractivity contribution in [2.24, 2.45) is 0 Å². The highest BCUT2D eigenvalue weighted by Gasteiger charge is 2.27. The van der Waals surface area contributed by atoms with Crippen LogP contribution in [0.5, 0.6) is 0 Å². The molecule has 1 aliphatic carbocycles. The Balaban J connectivity index is 1.37. The van der Waals surface area contributed by atoms with E-state index >= 15 is 0 Å². The average molecular weight is 666 g/mol. The van der Waals surface area contributed by atoms with Gasteiger partial charge in [-0.3, -0.25) is 0 Å². The maximum atomic E-state index is 10.6. The van der Waals surface area contributed by atoms with Crippen LogP contribution in [0, 0.1) is 46.3 Å². The summed E-state index contributed by atoms with van der Waals surface area (Å²) in [4.78, 5) is 0. The lowest BCUT2D eigenvalue weighted by Gasteiger charge is -2.22. The summed E-state index contributed by atoms with van der Waals surface area (Å²) in [6.07, 6.45) is 13.5. The predicted molar refractivity (Wildman–Crippen MR) is 211 cm³/mol. The Morgan fingerprint density at radius 1 is 0.769 bits per heavy atom. The molecule has 8 rings (SSSR count). The fourth-order valence-electron chi connectivity index (χ4n) is 7.78. The fraction of sp³-hybridized carbons (Fsp3) is 0.0851. The summed E-state index contributed by atoms with van der Waals surface area (Å²) in [6.45, 7) is 4.05. The Kier molecular flexibility index (Phi) is 7.90. The topological polar surface area (TPSA) is 81.2 Å². The van der Waals surface area contributed by atoms with Gasteiger partial charge in [-0.05, 0) is 84.6 Å². The molecule has 0 saturated carbocycles. The van der Waals surface area contributed by atoms with E-state index in [9.17, 15) is 15.8 Å². The van der Waals surface area contributed by atoms with Gasteiger partial charge in [0.25, 0.3) is 0 Å². The lowest BCUT2D eigenvalue weighted by molar-refractivity contribution is 0.729. The number of fused-ring (bicyclic) bond motifs is 6. The number of nitrogens with zero attached hydrogens (tertiary/aromatic N) is 5. The normalized spacial score (nSPS) is 14.3. The third-order valence-corrected chi connectivity index (χ3v) is 10.1. The quantitative estimate of drug-likeness (QED) is 0.104. The Bertz CT molecular complexity index is 2880. The Morgan fingerprint density at radius 3 is 2.15 bits per heavy atom. The fourth-order valence-corrected chi connectivity index (χ4v) is 7.78. The molecular weight excluding hydrogens is 635 g/mol. The number of hydrogen-bond acceptors (Lipinski definition) is 3. The van der Waals surface area contributed by atoms with Crippen LogP contribution >= 0.6 is 0 Å². The smallest absolute Gasteiger partial charge is 0.106 e. The molecule has 0 aliphatic heterocycles. The first-order valence-corrected chi connectivity index (χ1v) is 17.2. The largest absolute Gasteiger partial charge is 0.309 e. The molecule has 1 atom stereocenters. The lowest BCUT2D eigenvalue weighted by atomic mass is 9.87. The van der Waals surface area contributed by atoms with Crippen molar-refractivity contribution >= 4 is 50.1 Å². The molecule has 244 valence electrons. The first-order valence-electron chi connectivity index (χ1n) is 17.2. The molecule has 2 heterocycles. The molecule has 0 radical (unpaired) electrons. The van der Waals surface area contributed by atoms with Gasteiger partial charge in [-0.15, -0.1) is 6.42 Å². The predicted octanol–water partition coefficient (Wildman–Crippen LogP) is 11.1. The average Bonchev–Trinajstić information content (AvgIpc) is 3.71. The molecule has 0 N–H and O–H groups in total. The van der Waals surface area contributed by atoms with Crippen molar-refractivity contribution in [3.63, 3.8) is 0 Å². The van der Waals surface area contributed by atoms with Gasteiger partial charge in [0.1, 0.15) is 5.70 Å². The maximum absolute atomic E-state index is 10.6. The standard InChI is InChI=1S/C47H31N5/c1-4-33(29-50)46(42(5-2)52-44-16-9-6-12-37(44)39-14-10-11-30(3)47(39)52)41-26-31(27-48)17-23-36(41)34-19-21-35(22-20-34)51-43-15-8-7-13-38(43)40-25-32(28-49)18-24-45(40)51/h2,4,6-10,12-26,30H,11H2,1,3H3/b33-4-,46-42-. The van der Waals surface area contributed by atoms with Gasteiger partial charge in [0.15, 0.2) is 0 Å². The molecule has 0 fully saturated rings. The second-order valence-electron chi connectivity index (χ2n) is 13.0. The highest BCUT2D eigenvalue weighted by atomic mass is 15.0. The molecule has 5 heteroatoms. The molecule has 52 heavy (non-hydrogen) atoms. The molecular formula is C47H31N5. The molecule has 0 amide bonds. The zero-order chi connectivity index (χ0) is 35.9. The second kappa shape index (κ2) is 12.9. The first kappa shape index (κ1) is 31.9. The van der Waals surface area contributed by atoms with E-state index in [1.165, 1.54) is 0 Å². The molecule has 0 bridgehead atoms. The van der Waals surface area contributed by atoms with E-state index in [1.54, 1.807) is 12.1 Å². The van der Waals surface area contributed by atoms with E-state index in [1.807, 2.05) is 61.5 Å². The number of nitriles is 3. The number of aromatic nitrogens is 2. The number of rotatable bonds is 5. The van der Waals surface area contributed by atoms with Crippen molar-refractivity contribution in [3.05, 3.63) is 155 Å². The number of para-hydroxylation sites is 2. The summed E-state index contributed by atoms with van der Waals surface area (Å²) in [5, 5.41) is 33.5. The molecule has 7 aromatic rings. The van der Waals surface area contributed by atoms with Gasteiger partial charge in [0.2, 0.25) is 0 Å². The van der Waals surface area contributed by atoms with Crippen LogP contribution in [0.4, 0.5) is 0 Å². The molecule has 1 aliphatic rings. The highest BCUT2D eigenvalue weighted by Crippen LogP contribution is 2.43.